The summed E-state index contributed by atoms with van der Waals surface area (Å²) in [5.74, 6) is 0.171. The maximum absolute atomic E-state index is 9.74. The zero-order valence-corrected chi connectivity index (χ0v) is 9.95. The van der Waals surface area contributed by atoms with Crippen LogP contribution in [0.15, 0.2) is 22.2 Å². The Morgan fingerprint density at radius 2 is 2.06 bits per heavy atom. The van der Waals surface area contributed by atoms with Crippen molar-refractivity contribution in [3.8, 4) is 23.6 Å². The Labute approximate surface area is 101 Å². The van der Waals surface area contributed by atoms with Crippen LogP contribution in [0.1, 0.15) is 5.56 Å². The lowest BCUT2D eigenvalue weighted by atomic mass is 10.1. The van der Waals surface area contributed by atoms with Gasteiger partial charge in [0.2, 0.25) is 0 Å². The first-order valence-electron chi connectivity index (χ1n) is 4.20. The van der Waals surface area contributed by atoms with Crippen molar-refractivity contribution in [1.82, 2.24) is 0 Å². The molecule has 4 nitrogen and oxygen atoms in total. The van der Waals surface area contributed by atoms with E-state index in [0.717, 1.165) is 0 Å². The summed E-state index contributed by atoms with van der Waals surface area (Å²) in [6, 6.07) is 6.61. The fraction of sp³-hybridized carbons (Fsp3) is 0.0909. The second-order valence-corrected chi connectivity index (χ2v) is 3.74. The molecule has 16 heavy (non-hydrogen) atoms. The van der Waals surface area contributed by atoms with Crippen LogP contribution in [0.4, 0.5) is 0 Å². The molecule has 1 aromatic rings. The molecule has 0 bridgehead atoms. The van der Waals surface area contributed by atoms with Crippen LogP contribution in [0.3, 0.4) is 0 Å². The number of hydrogen-bond acceptors (Lipinski definition) is 4. The number of phenols is 1. The molecule has 0 fully saturated rings. The van der Waals surface area contributed by atoms with Gasteiger partial charge in [0.05, 0.1) is 7.11 Å². The second kappa shape index (κ2) is 5.20. The fourth-order valence-electron chi connectivity index (χ4n) is 1.11. The smallest absolute Gasteiger partial charge is 0.165 e. The summed E-state index contributed by atoms with van der Waals surface area (Å²) in [7, 11) is 1.42. The lowest BCUT2D eigenvalue weighted by Crippen LogP contribution is -1.87. The Kier molecular flexibility index (Phi) is 3.93. The van der Waals surface area contributed by atoms with Gasteiger partial charge in [0.25, 0.3) is 0 Å². The third kappa shape index (κ3) is 2.53. The van der Waals surface area contributed by atoms with Gasteiger partial charge >= 0.3 is 0 Å². The number of rotatable bonds is 2. The number of nitriles is 2. The van der Waals surface area contributed by atoms with Gasteiger partial charge < -0.3 is 9.84 Å². The Morgan fingerprint density at radius 1 is 1.44 bits per heavy atom. The van der Waals surface area contributed by atoms with Crippen LogP contribution in [0.25, 0.3) is 6.08 Å². The Balaban J connectivity index is 3.37. The van der Waals surface area contributed by atoms with E-state index in [0.29, 0.717) is 10.0 Å². The molecular formula is C11H7BrN2O2. The SMILES string of the molecule is COc1cc(Br)cc(C=C(C#N)C#N)c1O. The molecule has 5 heteroatoms. The number of methoxy groups -OCH3 is 1. The van der Waals surface area contributed by atoms with E-state index in [2.05, 4.69) is 15.9 Å². The van der Waals surface area contributed by atoms with Crippen LogP contribution in [0, 0.1) is 22.7 Å². The Morgan fingerprint density at radius 3 is 2.56 bits per heavy atom. The van der Waals surface area contributed by atoms with Gasteiger partial charge in [-0.1, -0.05) is 15.9 Å². The maximum atomic E-state index is 9.74. The molecule has 1 aromatic carbocycles. The van der Waals surface area contributed by atoms with Crippen molar-refractivity contribution in [2.24, 2.45) is 0 Å². The molecule has 80 valence electrons. The summed E-state index contributed by atoms with van der Waals surface area (Å²) >= 11 is 3.24. The molecule has 0 saturated heterocycles. The molecule has 1 rings (SSSR count). The largest absolute Gasteiger partial charge is 0.504 e. The van der Waals surface area contributed by atoms with Crippen molar-refractivity contribution in [1.29, 1.82) is 10.5 Å². The lowest BCUT2D eigenvalue weighted by molar-refractivity contribution is 0.372. The molecule has 0 spiro atoms. The summed E-state index contributed by atoms with van der Waals surface area (Å²) < 4.78 is 5.62. The van der Waals surface area contributed by atoms with E-state index in [1.807, 2.05) is 0 Å². The van der Waals surface area contributed by atoms with Crippen molar-refractivity contribution in [3.63, 3.8) is 0 Å². The number of halogens is 1. The normalized spacial score (nSPS) is 8.75. The average Bonchev–Trinajstić information content (AvgIpc) is 2.29. The molecule has 0 aromatic heterocycles. The zero-order chi connectivity index (χ0) is 12.1. The first-order valence-corrected chi connectivity index (χ1v) is 5.00. The minimum Gasteiger partial charge on any atom is -0.504 e. The quantitative estimate of drug-likeness (QED) is 0.844. The van der Waals surface area contributed by atoms with Gasteiger partial charge in [0, 0.05) is 10.0 Å². The highest BCUT2D eigenvalue weighted by molar-refractivity contribution is 9.10. The van der Waals surface area contributed by atoms with Crippen LogP contribution in [0.5, 0.6) is 11.5 Å². The first kappa shape index (κ1) is 12.1. The number of aromatic hydroxyl groups is 1. The monoisotopic (exact) mass is 278 g/mol. The molecule has 0 radical (unpaired) electrons. The van der Waals surface area contributed by atoms with Crippen LogP contribution in [-0.4, -0.2) is 12.2 Å². The van der Waals surface area contributed by atoms with Crippen molar-refractivity contribution >= 4 is 22.0 Å². The molecule has 0 saturated carbocycles. The number of benzene rings is 1. The standard InChI is InChI=1S/C11H7BrN2O2/c1-16-10-4-9(12)3-8(11(10)15)2-7(5-13)6-14/h2-4,15H,1H3. The molecule has 1 N–H and O–H groups in total. The number of nitrogens with zero attached hydrogens (tertiary/aromatic N) is 2. The van der Waals surface area contributed by atoms with Crippen LogP contribution in [0.2, 0.25) is 0 Å². The van der Waals surface area contributed by atoms with Crippen LogP contribution >= 0.6 is 15.9 Å². The third-order valence-corrected chi connectivity index (χ3v) is 2.29. The van der Waals surface area contributed by atoms with Crippen molar-refractivity contribution in [2.45, 2.75) is 0 Å². The van der Waals surface area contributed by atoms with Crippen LogP contribution < -0.4 is 4.74 Å². The summed E-state index contributed by atoms with van der Waals surface area (Å²) in [5, 5.41) is 27.0. The summed E-state index contributed by atoms with van der Waals surface area (Å²) in [5.41, 5.74) is 0.264. The van der Waals surface area contributed by atoms with Crippen molar-refractivity contribution in [2.75, 3.05) is 7.11 Å². The molecule has 0 atom stereocenters. The average molecular weight is 279 g/mol. The highest BCUT2D eigenvalue weighted by atomic mass is 79.9. The number of ether oxygens (including phenoxy) is 1. The number of phenolic OH excluding ortho intramolecular Hbond substituents is 1. The highest BCUT2D eigenvalue weighted by Gasteiger charge is 2.08. The molecule has 0 heterocycles. The van der Waals surface area contributed by atoms with Gasteiger partial charge in [-0.25, -0.2) is 0 Å². The molecule has 0 aliphatic heterocycles. The van der Waals surface area contributed by atoms with Crippen molar-refractivity contribution < 1.29 is 9.84 Å². The van der Waals surface area contributed by atoms with E-state index in [-0.39, 0.29) is 17.1 Å². The molecule has 0 aliphatic carbocycles. The van der Waals surface area contributed by atoms with Gasteiger partial charge in [-0.3, -0.25) is 0 Å². The summed E-state index contributed by atoms with van der Waals surface area (Å²) in [6.07, 6.45) is 1.29. The Hall–Kier alpha value is -1.98. The van der Waals surface area contributed by atoms with E-state index in [1.54, 1.807) is 24.3 Å². The topological polar surface area (TPSA) is 77.0 Å². The molecular weight excluding hydrogens is 272 g/mol. The highest BCUT2D eigenvalue weighted by Crippen LogP contribution is 2.34. The van der Waals surface area contributed by atoms with Gasteiger partial charge in [-0.05, 0) is 18.2 Å². The van der Waals surface area contributed by atoms with Crippen LogP contribution in [-0.2, 0) is 0 Å². The third-order valence-electron chi connectivity index (χ3n) is 1.83. The summed E-state index contributed by atoms with van der Waals surface area (Å²) in [4.78, 5) is 0. The van der Waals surface area contributed by atoms with Gasteiger partial charge in [-0.2, -0.15) is 10.5 Å². The van der Waals surface area contributed by atoms with Crippen molar-refractivity contribution in [3.05, 3.63) is 27.7 Å². The molecule has 0 amide bonds. The Bertz CT molecular complexity index is 508. The molecule has 0 aliphatic rings. The van der Waals surface area contributed by atoms with E-state index in [1.165, 1.54) is 13.2 Å². The maximum Gasteiger partial charge on any atom is 0.165 e. The summed E-state index contributed by atoms with van der Waals surface area (Å²) in [6.45, 7) is 0. The fourth-order valence-corrected chi connectivity index (χ4v) is 1.56. The van der Waals surface area contributed by atoms with Gasteiger partial charge in [0.15, 0.2) is 11.5 Å². The zero-order valence-electron chi connectivity index (χ0n) is 8.36. The van der Waals surface area contributed by atoms with Gasteiger partial charge in [-0.15, -0.1) is 0 Å². The predicted molar refractivity (Wildman–Crippen MR) is 61.6 cm³/mol. The number of hydrogen-bond donors (Lipinski definition) is 1. The first-order chi connectivity index (χ1) is 7.62. The predicted octanol–water partition coefficient (Wildman–Crippen LogP) is 2.59. The van der Waals surface area contributed by atoms with E-state index < -0.39 is 0 Å². The minimum absolute atomic E-state index is 0.0875. The second-order valence-electron chi connectivity index (χ2n) is 2.83. The number of allylic oxidation sites excluding steroid dienone is 1. The van der Waals surface area contributed by atoms with E-state index in [4.69, 9.17) is 15.3 Å². The van der Waals surface area contributed by atoms with E-state index in [9.17, 15) is 5.11 Å². The lowest BCUT2D eigenvalue weighted by Gasteiger charge is -2.06. The van der Waals surface area contributed by atoms with E-state index >= 15 is 0 Å². The molecule has 0 unspecified atom stereocenters. The minimum atomic E-state index is -0.103. The van der Waals surface area contributed by atoms with Gasteiger partial charge in [0.1, 0.15) is 17.7 Å².